The molecule has 1 aromatic rings. The van der Waals surface area contributed by atoms with Crippen molar-refractivity contribution in [2.24, 2.45) is 0 Å². The molecule has 0 spiro atoms. The number of carbonyl (C=O) groups is 1. The van der Waals surface area contributed by atoms with E-state index in [1.807, 2.05) is 0 Å². The standard InChI is InChI=1S/C10H9ClF2O/c1-4-5(2)8(12)6(3)9(13)7(4)10(11)14/h1-3H3. The quantitative estimate of drug-likeness (QED) is 0.662. The van der Waals surface area contributed by atoms with Crippen molar-refractivity contribution in [2.45, 2.75) is 20.8 Å². The molecule has 0 radical (unpaired) electrons. The average molecular weight is 219 g/mol. The second-order valence-electron chi connectivity index (χ2n) is 3.15. The fourth-order valence-corrected chi connectivity index (χ4v) is 1.54. The van der Waals surface area contributed by atoms with Crippen LogP contribution in [0.1, 0.15) is 27.0 Å². The molecule has 0 saturated heterocycles. The van der Waals surface area contributed by atoms with Crippen molar-refractivity contribution in [3.63, 3.8) is 0 Å². The highest BCUT2D eigenvalue weighted by molar-refractivity contribution is 6.68. The summed E-state index contributed by atoms with van der Waals surface area (Å²) >= 11 is 5.21. The number of benzene rings is 1. The van der Waals surface area contributed by atoms with E-state index in [1.165, 1.54) is 20.8 Å². The largest absolute Gasteiger partial charge is 0.275 e. The van der Waals surface area contributed by atoms with E-state index < -0.39 is 16.9 Å². The van der Waals surface area contributed by atoms with Crippen LogP contribution >= 0.6 is 11.6 Å². The highest BCUT2D eigenvalue weighted by atomic mass is 35.5. The van der Waals surface area contributed by atoms with E-state index in [-0.39, 0.29) is 22.3 Å². The van der Waals surface area contributed by atoms with Crippen LogP contribution in [-0.2, 0) is 0 Å². The molecule has 0 saturated carbocycles. The number of rotatable bonds is 1. The predicted octanol–water partition coefficient (Wildman–Crippen LogP) is 3.27. The highest BCUT2D eigenvalue weighted by Crippen LogP contribution is 2.25. The van der Waals surface area contributed by atoms with Gasteiger partial charge < -0.3 is 0 Å². The molecule has 1 rings (SSSR count). The molecule has 0 aliphatic heterocycles. The van der Waals surface area contributed by atoms with Crippen molar-refractivity contribution in [2.75, 3.05) is 0 Å². The van der Waals surface area contributed by atoms with Gasteiger partial charge in [-0.05, 0) is 43.5 Å². The van der Waals surface area contributed by atoms with Crippen LogP contribution in [0.2, 0.25) is 0 Å². The van der Waals surface area contributed by atoms with Crippen molar-refractivity contribution < 1.29 is 13.6 Å². The molecule has 1 aromatic carbocycles. The molecule has 0 aliphatic rings. The Morgan fingerprint density at radius 3 is 1.93 bits per heavy atom. The molecule has 0 unspecified atom stereocenters. The van der Waals surface area contributed by atoms with E-state index in [1.54, 1.807) is 0 Å². The van der Waals surface area contributed by atoms with Crippen molar-refractivity contribution in [3.8, 4) is 0 Å². The van der Waals surface area contributed by atoms with Gasteiger partial charge in [-0.25, -0.2) is 8.78 Å². The van der Waals surface area contributed by atoms with Crippen LogP contribution in [0.15, 0.2) is 0 Å². The lowest BCUT2D eigenvalue weighted by atomic mass is 9.99. The van der Waals surface area contributed by atoms with E-state index in [2.05, 4.69) is 0 Å². The minimum Gasteiger partial charge on any atom is -0.275 e. The Balaban J connectivity index is 3.68. The van der Waals surface area contributed by atoms with Gasteiger partial charge in [0.05, 0.1) is 5.56 Å². The fraction of sp³-hybridized carbons (Fsp3) is 0.300. The zero-order valence-electron chi connectivity index (χ0n) is 8.04. The Labute approximate surface area is 85.7 Å². The molecule has 0 heterocycles. The van der Waals surface area contributed by atoms with Gasteiger partial charge in [0.15, 0.2) is 0 Å². The van der Waals surface area contributed by atoms with Crippen molar-refractivity contribution in [1.82, 2.24) is 0 Å². The van der Waals surface area contributed by atoms with E-state index >= 15 is 0 Å². The summed E-state index contributed by atoms with van der Waals surface area (Å²) in [6.45, 7) is 4.23. The summed E-state index contributed by atoms with van der Waals surface area (Å²) in [5.41, 5.74) is 0.110. The molecule has 0 aliphatic carbocycles. The summed E-state index contributed by atoms with van der Waals surface area (Å²) in [7, 11) is 0. The molecule has 1 nitrogen and oxygen atoms in total. The van der Waals surface area contributed by atoms with Crippen molar-refractivity contribution in [1.29, 1.82) is 0 Å². The fourth-order valence-electron chi connectivity index (χ4n) is 1.32. The average Bonchev–Trinajstić information content (AvgIpc) is 2.11. The van der Waals surface area contributed by atoms with E-state index in [0.717, 1.165) is 0 Å². The van der Waals surface area contributed by atoms with Gasteiger partial charge in [0.25, 0.3) is 5.24 Å². The van der Waals surface area contributed by atoms with Crippen LogP contribution < -0.4 is 0 Å². The minimum atomic E-state index is -0.897. The molecule has 76 valence electrons. The molecule has 14 heavy (non-hydrogen) atoms. The third kappa shape index (κ3) is 1.52. The zero-order valence-corrected chi connectivity index (χ0v) is 8.80. The van der Waals surface area contributed by atoms with Crippen LogP contribution in [0, 0.1) is 32.4 Å². The summed E-state index contributed by atoms with van der Waals surface area (Å²) in [6.07, 6.45) is 0. The van der Waals surface area contributed by atoms with Crippen LogP contribution in [0.4, 0.5) is 8.78 Å². The van der Waals surface area contributed by atoms with Crippen LogP contribution in [0.5, 0.6) is 0 Å². The number of hydrogen-bond donors (Lipinski definition) is 0. The maximum absolute atomic E-state index is 13.4. The first-order valence-electron chi connectivity index (χ1n) is 4.02. The Bertz CT molecular complexity index is 384. The molecule has 4 heteroatoms. The molecule has 0 bridgehead atoms. The maximum Gasteiger partial charge on any atom is 0.255 e. The van der Waals surface area contributed by atoms with Crippen LogP contribution in [0.3, 0.4) is 0 Å². The topological polar surface area (TPSA) is 17.1 Å². The Kier molecular flexibility index (Phi) is 2.90. The molecule has 0 aromatic heterocycles. The molecule has 0 atom stereocenters. The molecular formula is C10H9ClF2O. The van der Waals surface area contributed by atoms with Crippen LogP contribution in [-0.4, -0.2) is 5.24 Å². The molecule has 0 fully saturated rings. The van der Waals surface area contributed by atoms with E-state index in [9.17, 15) is 13.6 Å². The third-order valence-electron chi connectivity index (χ3n) is 2.34. The molecule has 0 amide bonds. The van der Waals surface area contributed by atoms with Gasteiger partial charge in [-0.3, -0.25) is 4.79 Å². The lowest BCUT2D eigenvalue weighted by molar-refractivity contribution is 0.107. The number of halogens is 3. The van der Waals surface area contributed by atoms with Gasteiger partial charge in [-0.1, -0.05) is 0 Å². The van der Waals surface area contributed by atoms with Gasteiger partial charge in [0.1, 0.15) is 11.6 Å². The van der Waals surface area contributed by atoms with E-state index in [4.69, 9.17) is 11.6 Å². The minimum absolute atomic E-state index is 0.169. The van der Waals surface area contributed by atoms with Gasteiger partial charge in [-0.15, -0.1) is 0 Å². The summed E-state index contributed by atoms with van der Waals surface area (Å²) in [5, 5.41) is -0.897. The maximum atomic E-state index is 13.4. The summed E-state index contributed by atoms with van der Waals surface area (Å²) in [6, 6.07) is 0. The van der Waals surface area contributed by atoms with Crippen molar-refractivity contribution in [3.05, 3.63) is 33.9 Å². The first-order valence-corrected chi connectivity index (χ1v) is 4.40. The lowest BCUT2D eigenvalue weighted by Crippen LogP contribution is -2.06. The lowest BCUT2D eigenvalue weighted by Gasteiger charge is -2.10. The summed E-state index contributed by atoms with van der Waals surface area (Å²) in [5.74, 6) is -1.49. The summed E-state index contributed by atoms with van der Waals surface area (Å²) < 4.78 is 26.7. The van der Waals surface area contributed by atoms with Gasteiger partial charge in [-0.2, -0.15) is 0 Å². The first kappa shape index (κ1) is 11.1. The van der Waals surface area contributed by atoms with Crippen LogP contribution in [0.25, 0.3) is 0 Å². The Morgan fingerprint density at radius 1 is 1.00 bits per heavy atom. The first-order chi connectivity index (χ1) is 6.37. The normalized spacial score (nSPS) is 10.4. The third-order valence-corrected chi connectivity index (χ3v) is 2.53. The van der Waals surface area contributed by atoms with E-state index in [0.29, 0.717) is 0 Å². The number of hydrogen-bond acceptors (Lipinski definition) is 1. The SMILES string of the molecule is Cc1c(C)c(C(=O)Cl)c(F)c(C)c1F. The smallest absolute Gasteiger partial charge is 0.255 e. The Morgan fingerprint density at radius 2 is 1.50 bits per heavy atom. The number of carbonyl (C=O) groups excluding carboxylic acids is 1. The second kappa shape index (κ2) is 3.65. The Hall–Kier alpha value is -0.960. The second-order valence-corrected chi connectivity index (χ2v) is 3.49. The zero-order chi connectivity index (χ0) is 11.0. The van der Waals surface area contributed by atoms with Gasteiger partial charge in [0, 0.05) is 5.56 Å². The van der Waals surface area contributed by atoms with Gasteiger partial charge in [0.2, 0.25) is 0 Å². The monoisotopic (exact) mass is 218 g/mol. The molecular weight excluding hydrogens is 210 g/mol. The highest BCUT2D eigenvalue weighted by Gasteiger charge is 2.20. The summed E-state index contributed by atoms with van der Waals surface area (Å²) in [4.78, 5) is 10.9. The molecule has 0 N–H and O–H groups in total. The van der Waals surface area contributed by atoms with Crippen molar-refractivity contribution >= 4 is 16.8 Å². The predicted molar refractivity (Wildman–Crippen MR) is 50.8 cm³/mol. The van der Waals surface area contributed by atoms with Gasteiger partial charge >= 0.3 is 0 Å².